The van der Waals surface area contributed by atoms with Gasteiger partial charge in [-0.1, -0.05) is 30.3 Å². The minimum Gasteiger partial charge on any atom is -0.370 e. The molecule has 1 aromatic carbocycles. The van der Waals surface area contributed by atoms with Gasteiger partial charge in [-0.15, -0.1) is 0 Å². The van der Waals surface area contributed by atoms with Crippen LogP contribution in [-0.4, -0.2) is 38.6 Å². The van der Waals surface area contributed by atoms with Crippen molar-refractivity contribution in [3.8, 4) is 0 Å². The number of aryl methyl sites for hydroxylation is 2. The summed E-state index contributed by atoms with van der Waals surface area (Å²) >= 11 is 0. The number of anilines is 1. The average molecular weight is 435 g/mol. The number of nitrogens with one attached hydrogen (secondary N) is 1. The molecule has 3 heterocycles. The second-order valence-electron chi connectivity index (χ2n) is 8.53. The second-order valence-corrected chi connectivity index (χ2v) is 8.53. The highest BCUT2D eigenvalue weighted by atomic mass is 16.2. The third-order valence-electron chi connectivity index (χ3n) is 6.14. The van der Waals surface area contributed by atoms with Crippen LogP contribution in [0.2, 0.25) is 0 Å². The standard InChI is InChI=1S/C24H30N6O2/c1-17(22-16-28(3)27-18(22)2)26-24(32)20-9-11-29(12-10-20)21-13-23(31)30(25-14-21)15-19-7-5-4-6-8-19/h4-8,13-14,16-17,20H,9-12,15H2,1-3H3,(H,26,32). The quantitative estimate of drug-likeness (QED) is 0.644. The molecule has 0 saturated carbocycles. The molecule has 0 radical (unpaired) electrons. The molecular formula is C24H30N6O2. The molecule has 2 aromatic heterocycles. The minimum absolute atomic E-state index is 0.0305. The Bertz CT molecular complexity index is 1130. The van der Waals surface area contributed by atoms with E-state index in [1.807, 2.05) is 57.4 Å². The van der Waals surface area contributed by atoms with Crippen molar-refractivity contribution in [1.82, 2.24) is 24.9 Å². The molecule has 1 aliphatic heterocycles. The number of amides is 1. The number of carbonyl (C=O) groups is 1. The summed E-state index contributed by atoms with van der Waals surface area (Å²) in [5.74, 6) is 0.0499. The van der Waals surface area contributed by atoms with Crippen LogP contribution >= 0.6 is 0 Å². The molecule has 1 fully saturated rings. The molecule has 1 N–H and O–H groups in total. The highest BCUT2D eigenvalue weighted by Crippen LogP contribution is 2.23. The van der Waals surface area contributed by atoms with Gasteiger partial charge in [0.1, 0.15) is 0 Å². The number of aromatic nitrogens is 4. The number of rotatable bonds is 6. The summed E-state index contributed by atoms with van der Waals surface area (Å²) < 4.78 is 3.24. The van der Waals surface area contributed by atoms with Gasteiger partial charge >= 0.3 is 0 Å². The highest BCUT2D eigenvalue weighted by Gasteiger charge is 2.27. The van der Waals surface area contributed by atoms with Gasteiger partial charge in [-0.3, -0.25) is 14.3 Å². The first kappa shape index (κ1) is 21.8. The highest BCUT2D eigenvalue weighted by molar-refractivity contribution is 5.79. The van der Waals surface area contributed by atoms with Crippen LogP contribution in [0.1, 0.15) is 42.6 Å². The fourth-order valence-corrected chi connectivity index (χ4v) is 4.32. The molecular weight excluding hydrogens is 404 g/mol. The lowest BCUT2D eigenvalue weighted by atomic mass is 9.95. The largest absolute Gasteiger partial charge is 0.370 e. The van der Waals surface area contributed by atoms with Crippen molar-refractivity contribution in [3.05, 3.63) is 76.0 Å². The Morgan fingerprint density at radius 3 is 2.56 bits per heavy atom. The van der Waals surface area contributed by atoms with E-state index in [4.69, 9.17) is 0 Å². The summed E-state index contributed by atoms with van der Waals surface area (Å²) in [4.78, 5) is 27.5. The smallest absolute Gasteiger partial charge is 0.269 e. The zero-order valence-electron chi connectivity index (χ0n) is 18.9. The molecule has 0 bridgehead atoms. The molecule has 1 amide bonds. The van der Waals surface area contributed by atoms with Crippen molar-refractivity contribution in [3.63, 3.8) is 0 Å². The van der Waals surface area contributed by atoms with Crippen LogP contribution < -0.4 is 15.8 Å². The van der Waals surface area contributed by atoms with Crippen molar-refractivity contribution in [1.29, 1.82) is 0 Å². The maximum absolute atomic E-state index is 12.8. The lowest BCUT2D eigenvalue weighted by Crippen LogP contribution is -2.41. The number of hydrogen-bond donors (Lipinski definition) is 1. The van der Waals surface area contributed by atoms with Gasteiger partial charge in [0.2, 0.25) is 5.91 Å². The Kier molecular flexibility index (Phi) is 6.39. The molecule has 4 rings (SSSR count). The maximum Gasteiger partial charge on any atom is 0.269 e. The van der Waals surface area contributed by atoms with Gasteiger partial charge in [0.05, 0.1) is 30.2 Å². The molecule has 1 saturated heterocycles. The number of carbonyl (C=O) groups excluding carboxylic acids is 1. The van der Waals surface area contributed by atoms with Crippen LogP contribution in [0.3, 0.4) is 0 Å². The average Bonchev–Trinajstić information content (AvgIpc) is 3.14. The monoisotopic (exact) mass is 434 g/mol. The fraction of sp³-hybridized carbons (Fsp3) is 0.417. The van der Waals surface area contributed by atoms with Gasteiger partial charge in [-0.2, -0.15) is 10.2 Å². The van der Waals surface area contributed by atoms with Crippen LogP contribution in [0.4, 0.5) is 5.69 Å². The third kappa shape index (κ3) is 4.90. The zero-order chi connectivity index (χ0) is 22.7. The van der Waals surface area contributed by atoms with Crippen molar-refractivity contribution >= 4 is 11.6 Å². The number of benzene rings is 1. The van der Waals surface area contributed by atoms with Crippen molar-refractivity contribution in [2.45, 2.75) is 39.3 Å². The Balaban J connectivity index is 1.33. The van der Waals surface area contributed by atoms with Crippen molar-refractivity contribution < 1.29 is 4.79 Å². The van der Waals surface area contributed by atoms with Crippen molar-refractivity contribution in [2.24, 2.45) is 13.0 Å². The summed E-state index contributed by atoms with van der Waals surface area (Å²) in [5.41, 5.74) is 3.71. The van der Waals surface area contributed by atoms with Gasteiger partial charge in [0, 0.05) is 43.9 Å². The van der Waals surface area contributed by atoms with E-state index in [-0.39, 0.29) is 23.4 Å². The van der Waals surface area contributed by atoms with Gasteiger partial charge in [0.25, 0.3) is 5.56 Å². The molecule has 1 unspecified atom stereocenters. The Hall–Kier alpha value is -3.42. The minimum atomic E-state index is -0.119. The predicted octanol–water partition coefficient (Wildman–Crippen LogP) is 2.43. The first-order valence-corrected chi connectivity index (χ1v) is 11.1. The lowest BCUT2D eigenvalue weighted by Gasteiger charge is -2.33. The Labute approximate surface area is 187 Å². The number of hydrogen-bond acceptors (Lipinski definition) is 5. The van der Waals surface area contributed by atoms with Gasteiger partial charge in [-0.25, -0.2) is 4.68 Å². The topological polar surface area (TPSA) is 85.1 Å². The fourth-order valence-electron chi connectivity index (χ4n) is 4.32. The molecule has 8 nitrogen and oxygen atoms in total. The van der Waals surface area contributed by atoms with Gasteiger partial charge in [-0.05, 0) is 32.3 Å². The number of piperidine rings is 1. The normalized spacial score (nSPS) is 15.5. The molecule has 3 aromatic rings. The summed E-state index contributed by atoms with van der Waals surface area (Å²) in [5, 5.41) is 11.9. The third-order valence-corrected chi connectivity index (χ3v) is 6.14. The van der Waals surface area contributed by atoms with Crippen LogP contribution in [0.15, 0.2) is 53.6 Å². The molecule has 8 heteroatoms. The molecule has 1 atom stereocenters. The SMILES string of the molecule is Cc1nn(C)cc1C(C)NC(=O)C1CCN(c2cnn(Cc3ccccc3)c(=O)c2)CC1. The van der Waals surface area contributed by atoms with Crippen LogP contribution in [0.25, 0.3) is 0 Å². The Morgan fingerprint density at radius 1 is 1.22 bits per heavy atom. The van der Waals surface area contributed by atoms with E-state index in [0.29, 0.717) is 6.54 Å². The van der Waals surface area contributed by atoms with Gasteiger partial charge in [0.15, 0.2) is 0 Å². The zero-order valence-corrected chi connectivity index (χ0v) is 18.9. The summed E-state index contributed by atoms with van der Waals surface area (Å²) in [6.07, 6.45) is 5.20. The van der Waals surface area contributed by atoms with E-state index >= 15 is 0 Å². The van der Waals surface area contributed by atoms with E-state index in [0.717, 1.165) is 48.4 Å². The van der Waals surface area contributed by atoms with Crippen LogP contribution in [-0.2, 0) is 18.4 Å². The second kappa shape index (κ2) is 9.38. The number of nitrogens with zero attached hydrogens (tertiary/aromatic N) is 5. The van der Waals surface area contributed by atoms with Crippen LogP contribution in [0.5, 0.6) is 0 Å². The molecule has 1 aliphatic rings. The molecule has 32 heavy (non-hydrogen) atoms. The van der Waals surface area contributed by atoms with Crippen molar-refractivity contribution in [2.75, 3.05) is 18.0 Å². The van der Waals surface area contributed by atoms with E-state index in [1.165, 1.54) is 4.68 Å². The first-order chi connectivity index (χ1) is 15.4. The predicted molar refractivity (Wildman–Crippen MR) is 123 cm³/mol. The summed E-state index contributed by atoms with van der Waals surface area (Å²) in [6, 6.07) is 11.4. The maximum atomic E-state index is 12.8. The van der Waals surface area contributed by atoms with E-state index in [2.05, 4.69) is 20.4 Å². The Morgan fingerprint density at radius 2 is 1.94 bits per heavy atom. The van der Waals surface area contributed by atoms with Crippen LogP contribution in [0, 0.1) is 12.8 Å². The van der Waals surface area contributed by atoms with E-state index in [9.17, 15) is 9.59 Å². The lowest BCUT2D eigenvalue weighted by molar-refractivity contribution is -0.126. The van der Waals surface area contributed by atoms with E-state index < -0.39 is 0 Å². The summed E-state index contributed by atoms with van der Waals surface area (Å²) in [6.45, 7) is 5.85. The van der Waals surface area contributed by atoms with Gasteiger partial charge < -0.3 is 10.2 Å². The molecule has 0 spiro atoms. The molecule has 168 valence electrons. The molecule has 0 aliphatic carbocycles. The first-order valence-electron chi connectivity index (χ1n) is 11.1. The summed E-state index contributed by atoms with van der Waals surface area (Å²) in [7, 11) is 1.88. The van der Waals surface area contributed by atoms with E-state index in [1.54, 1.807) is 16.9 Å².